The van der Waals surface area contributed by atoms with Gasteiger partial charge in [0.2, 0.25) is 5.91 Å². The summed E-state index contributed by atoms with van der Waals surface area (Å²) in [7, 11) is 0. The highest BCUT2D eigenvalue weighted by molar-refractivity contribution is 6.31. The van der Waals surface area contributed by atoms with Gasteiger partial charge in [-0.05, 0) is 42.8 Å². The smallest absolute Gasteiger partial charge is 0.417 e. The van der Waals surface area contributed by atoms with Crippen LogP contribution in [0.5, 0.6) is 0 Å². The number of carbonyl (C=O) groups is 1. The Hall–Kier alpha value is -2.21. The Kier molecular flexibility index (Phi) is 5.15. The van der Waals surface area contributed by atoms with Crippen LogP contribution in [-0.2, 0) is 11.0 Å². The van der Waals surface area contributed by atoms with Crippen molar-refractivity contribution in [2.24, 2.45) is 0 Å². The maximum atomic E-state index is 12.8. The third-order valence-electron chi connectivity index (χ3n) is 3.05. The minimum absolute atomic E-state index is 0.225. The molecular formula is C16H13ClF3NO2. The molecule has 1 aromatic carbocycles. The van der Waals surface area contributed by atoms with E-state index < -0.39 is 17.6 Å². The van der Waals surface area contributed by atoms with Crippen molar-refractivity contribution in [2.75, 3.05) is 0 Å². The summed E-state index contributed by atoms with van der Waals surface area (Å²) in [4.78, 5) is 11.8. The molecule has 0 aliphatic heterocycles. The first kappa shape index (κ1) is 17.1. The van der Waals surface area contributed by atoms with Gasteiger partial charge in [-0.25, -0.2) is 0 Å². The van der Waals surface area contributed by atoms with Crippen LogP contribution in [0.4, 0.5) is 13.2 Å². The van der Waals surface area contributed by atoms with Crippen molar-refractivity contribution in [3.63, 3.8) is 0 Å². The van der Waals surface area contributed by atoms with Gasteiger partial charge in [-0.1, -0.05) is 17.7 Å². The number of furan rings is 1. The van der Waals surface area contributed by atoms with Gasteiger partial charge in [-0.3, -0.25) is 4.79 Å². The number of hydrogen-bond acceptors (Lipinski definition) is 2. The van der Waals surface area contributed by atoms with Crippen LogP contribution in [0, 0.1) is 0 Å². The Morgan fingerprint density at radius 2 is 2.09 bits per heavy atom. The van der Waals surface area contributed by atoms with Gasteiger partial charge >= 0.3 is 6.18 Å². The van der Waals surface area contributed by atoms with Crippen molar-refractivity contribution in [2.45, 2.75) is 19.1 Å². The van der Waals surface area contributed by atoms with E-state index in [1.165, 1.54) is 18.4 Å². The van der Waals surface area contributed by atoms with Crippen LogP contribution >= 0.6 is 11.6 Å². The van der Waals surface area contributed by atoms with Gasteiger partial charge in [0.1, 0.15) is 5.76 Å². The predicted octanol–water partition coefficient (Wildman–Crippen LogP) is 4.84. The number of rotatable bonds is 4. The first-order valence-electron chi connectivity index (χ1n) is 6.66. The molecule has 0 aliphatic carbocycles. The minimum Gasteiger partial charge on any atom is -0.467 e. The van der Waals surface area contributed by atoms with Crippen LogP contribution in [0.2, 0.25) is 5.02 Å². The monoisotopic (exact) mass is 343 g/mol. The molecule has 1 N–H and O–H groups in total. The van der Waals surface area contributed by atoms with E-state index in [1.54, 1.807) is 19.1 Å². The van der Waals surface area contributed by atoms with E-state index in [2.05, 4.69) is 5.32 Å². The van der Waals surface area contributed by atoms with Crippen molar-refractivity contribution in [1.29, 1.82) is 0 Å². The molecule has 2 aromatic rings. The second-order valence-corrected chi connectivity index (χ2v) is 5.22. The molecule has 0 fully saturated rings. The van der Waals surface area contributed by atoms with Gasteiger partial charge in [-0.2, -0.15) is 13.2 Å². The lowest BCUT2D eigenvalue weighted by atomic mass is 10.1. The first-order valence-corrected chi connectivity index (χ1v) is 7.04. The molecule has 0 saturated carbocycles. The SMILES string of the molecule is C[C@@H](NC(=O)/C=C/c1ccc(Cl)c(C(F)(F)F)c1)c1ccco1. The Labute approximate surface area is 135 Å². The number of amides is 1. The van der Waals surface area contributed by atoms with Crippen molar-refractivity contribution < 1.29 is 22.4 Å². The van der Waals surface area contributed by atoms with E-state index in [4.69, 9.17) is 16.0 Å². The summed E-state index contributed by atoms with van der Waals surface area (Å²) >= 11 is 5.54. The highest BCUT2D eigenvalue weighted by Gasteiger charge is 2.33. The summed E-state index contributed by atoms with van der Waals surface area (Å²) in [5.74, 6) is 0.134. The summed E-state index contributed by atoms with van der Waals surface area (Å²) in [6.45, 7) is 1.73. The summed E-state index contributed by atoms with van der Waals surface area (Å²) in [5, 5.41) is 2.26. The fraction of sp³-hybridized carbons (Fsp3) is 0.188. The molecule has 7 heteroatoms. The molecular weight excluding hydrogens is 331 g/mol. The number of nitrogens with one attached hydrogen (secondary N) is 1. The Balaban J connectivity index is 2.06. The van der Waals surface area contributed by atoms with Gasteiger partial charge < -0.3 is 9.73 Å². The van der Waals surface area contributed by atoms with Crippen LogP contribution in [0.3, 0.4) is 0 Å². The maximum absolute atomic E-state index is 12.8. The fourth-order valence-corrected chi connectivity index (χ4v) is 2.13. The Morgan fingerprint density at radius 3 is 2.70 bits per heavy atom. The lowest BCUT2D eigenvalue weighted by Crippen LogP contribution is -2.24. The third-order valence-corrected chi connectivity index (χ3v) is 3.38. The second-order valence-electron chi connectivity index (χ2n) is 4.82. The van der Waals surface area contributed by atoms with Crippen LogP contribution in [-0.4, -0.2) is 5.91 Å². The molecule has 0 spiro atoms. The third kappa shape index (κ3) is 4.63. The number of benzene rings is 1. The molecule has 0 unspecified atom stereocenters. The van der Waals surface area contributed by atoms with E-state index in [1.807, 2.05) is 0 Å². The molecule has 3 nitrogen and oxygen atoms in total. The fourth-order valence-electron chi connectivity index (χ4n) is 1.91. The van der Waals surface area contributed by atoms with Gasteiger partial charge in [0.05, 0.1) is 22.9 Å². The number of carbonyl (C=O) groups excluding carboxylic acids is 1. The lowest BCUT2D eigenvalue weighted by Gasteiger charge is -2.10. The minimum atomic E-state index is -4.54. The normalized spacial score (nSPS) is 13.3. The summed E-state index contributed by atoms with van der Waals surface area (Å²) < 4.78 is 43.4. The van der Waals surface area contributed by atoms with Crippen LogP contribution in [0.15, 0.2) is 47.1 Å². The molecule has 0 saturated heterocycles. The Morgan fingerprint density at radius 1 is 1.35 bits per heavy atom. The number of halogens is 4. The molecule has 0 aliphatic rings. The van der Waals surface area contributed by atoms with E-state index in [-0.39, 0.29) is 16.6 Å². The van der Waals surface area contributed by atoms with Crippen molar-refractivity contribution in [3.05, 3.63) is 64.6 Å². The summed E-state index contributed by atoms with van der Waals surface area (Å²) in [6.07, 6.45) is -0.615. The van der Waals surface area contributed by atoms with Crippen LogP contribution < -0.4 is 5.32 Å². The van der Waals surface area contributed by atoms with Crippen LogP contribution in [0.25, 0.3) is 6.08 Å². The van der Waals surface area contributed by atoms with Crippen molar-refractivity contribution in [3.8, 4) is 0 Å². The van der Waals surface area contributed by atoms with E-state index in [0.717, 1.165) is 18.2 Å². The molecule has 1 amide bonds. The standard InChI is InChI=1S/C16H13ClF3NO2/c1-10(14-3-2-8-23-14)21-15(22)7-5-11-4-6-13(17)12(9-11)16(18,19)20/h2-10H,1H3,(H,21,22)/b7-5+/t10-/m1/s1. The molecule has 23 heavy (non-hydrogen) atoms. The second kappa shape index (κ2) is 6.91. The Bertz CT molecular complexity index is 709. The molecule has 1 atom stereocenters. The zero-order valence-corrected chi connectivity index (χ0v) is 12.8. The maximum Gasteiger partial charge on any atom is 0.417 e. The van der Waals surface area contributed by atoms with E-state index >= 15 is 0 Å². The molecule has 1 heterocycles. The zero-order valence-electron chi connectivity index (χ0n) is 12.0. The molecule has 1 aromatic heterocycles. The number of alkyl halides is 3. The number of hydrogen-bond donors (Lipinski definition) is 1. The summed E-state index contributed by atoms with van der Waals surface area (Å²) in [6, 6.07) is 6.49. The van der Waals surface area contributed by atoms with E-state index in [9.17, 15) is 18.0 Å². The highest BCUT2D eigenvalue weighted by atomic mass is 35.5. The highest BCUT2D eigenvalue weighted by Crippen LogP contribution is 2.35. The molecule has 2 rings (SSSR count). The summed E-state index contributed by atoms with van der Waals surface area (Å²) in [5.41, 5.74) is -0.715. The average Bonchev–Trinajstić information content (AvgIpc) is 2.99. The van der Waals surface area contributed by atoms with Gasteiger partial charge in [0.25, 0.3) is 0 Å². The zero-order chi connectivity index (χ0) is 17.0. The van der Waals surface area contributed by atoms with Gasteiger partial charge in [0, 0.05) is 6.08 Å². The lowest BCUT2D eigenvalue weighted by molar-refractivity contribution is -0.137. The quantitative estimate of drug-likeness (QED) is 0.807. The largest absolute Gasteiger partial charge is 0.467 e. The van der Waals surface area contributed by atoms with E-state index in [0.29, 0.717) is 5.76 Å². The van der Waals surface area contributed by atoms with Crippen LogP contribution in [0.1, 0.15) is 29.9 Å². The molecule has 122 valence electrons. The van der Waals surface area contributed by atoms with Crippen molar-refractivity contribution in [1.82, 2.24) is 5.32 Å². The van der Waals surface area contributed by atoms with Gasteiger partial charge in [0.15, 0.2) is 0 Å². The molecule has 0 bridgehead atoms. The average molecular weight is 344 g/mol. The van der Waals surface area contributed by atoms with Crippen molar-refractivity contribution >= 4 is 23.6 Å². The molecule has 0 radical (unpaired) electrons. The topological polar surface area (TPSA) is 42.2 Å². The first-order chi connectivity index (χ1) is 10.8. The predicted molar refractivity (Wildman–Crippen MR) is 80.8 cm³/mol. The van der Waals surface area contributed by atoms with Gasteiger partial charge in [-0.15, -0.1) is 0 Å².